The maximum Gasteiger partial charge on any atom is 0.0877 e. The van der Waals surface area contributed by atoms with Crippen molar-refractivity contribution in [1.82, 2.24) is 0 Å². The molecular weight excluding hydrogens is 224 g/mol. The number of hydrogen-bond donors (Lipinski definition) is 2. The molecule has 0 aliphatic heterocycles. The third kappa shape index (κ3) is 9.90. The lowest BCUT2D eigenvalue weighted by Gasteiger charge is -2.26. The highest BCUT2D eigenvalue weighted by Gasteiger charge is 2.24. The Morgan fingerprint density at radius 1 is 0.667 bits per heavy atom. The highest BCUT2D eigenvalue weighted by Crippen LogP contribution is 2.22. The van der Waals surface area contributed by atoms with Crippen molar-refractivity contribution < 1.29 is 10.2 Å². The number of rotatable bonds is 13. The minimum atomic E-state index is -0.807. The topological polar surface area (TPSA) is 40.5 Å². The Bertz CT molecular complexity index is 154. The van der Waals surface area contributed by atoms with Crippen LogP contribution in [0.25, 0.3) is 0 Å². The van der Waals surface area contributed by atoms with Crippen LogP contribution in [0.4, 0.5) is 0 Å². The van der Waals surface area contributed by atoms with Gasteiger partial charge in [-0.3, -0.25) is 0 Å². The summed E-state index contributed by atoms with van der Waals surface area (Å²) in [6.07, 6.45) is 13.6. The molecule has 0 aliphatic carbocycles. The van der Waals surface area contributed by atoms with Gasteiger partial charge in [-0.15, -0.1) is 0 Å². The lowest BCUT2D eigenvalue weighted by atomic mass is 9.90. The van der Waals surface area contributed by atoms with Crippen LogP contribution in [0.2, 0.25) is 0 Å². The van der Waals surface area contributed by atoms with Crippen molar-refractivity contribution in [2.45, 2.75) is 96.5 Å². The van der Waals surface area contributed by atoms with Crippen LogP contribution in [0.5, 0.6) is 0 Å². The monoisotopic (exact) mass is 258 g/mol. The van der Waals surface area contributed by atoms with Gasteiger partial charge in [0.2, 0.25) is 0 Å². The molecule has 0 spiro atoms. The molecule has 0 unspecified atom stereocenters. The Morgan fingerprint density at radius 3 is 1.39 bits per heavy atom. The van der Waals surface area contributed by atoms with Gasteiger partial charge < -0.3 is 10.2 Å². The molecule has 0 fully saturated rings. The summed E-state index contributed by atoms with van der Waals surface area (Å²) in [5.74, 6) is 0. The van der Waals surface area contributed by atoms with Gasteiger partial charge in [0.15, 0.2) is 0 Å². The normalized spacial score (nSPS) is 12.0. The summed E-state index contributed by atoms with van der Waals surface area (Å²) in [5, 5.41) is 19.6. The van der Waals surface area contributed by atoms with Crippen molar-refractivity contribution in [2.24, 2.45) is 0 Å². The lowest BCUT2D eigenvalue weighted by Crippen LogP contribution is -2.33. The zero-order valence-corrected chi connectivity index (χ0v) is 12.6. The lowest BCUT2D eigenvalue weighted by molar-refractivity contribution is -0.0314. The van der Waals surface area contributed by atoms with Gasteiger partial charge >= 0.3 is 0 Å². The Hall–Kier alpha value is -0.0800. The van der Waals surface area contributed by atoms with E-state index in [2.05, 4.69) is 13.8 Å². The number of unbranched alkanes of at least 4 members (excludes halogenated alkanes) is 8. The van der Waals surface area contributed by atoms with Crippen molar-refractivity contribution in [1.29, 1.82) is 0 Å². The van der Waals surface area contributed by atoms with E-state index < -0.39 is 5.60 Å². The largest absolute Gasteiger partial charge is 0.393 e. The minimum absolute atomic E-state index is 0.0748. The molecule has 0 saturated heterocycles. The van der Waals surface area contributed by atoms with Crippen LogP contribution in [0.3, 0.4) is 0 Å². The van der Waals surface area contributed by atoms with Crippen molar-refractivity contribution in [3.8, 4) is 0 Å². The summed E-state index contributed by atoms with van der Waals surface area (Å²) in [7, 11) is 0. The highest BCUT2D eigenvalue weighted by atomic mass is 16.3. The molecule has 2 N–H and O–H groups in total. The zero-order chi connectivity index (χ0) is 13.7. The number of hydrogen-bond acceptors (Lipinski definition) is 2. The zero-order valence-electron chi connectivity index (χ0n) is 12.6. The van der Waals surface area contributed by atoms with Crippen LogP contribution in [0.1, 0.15) is 90.9 Å². The second-order valence-corrected chi connectivity index (χ2v) is 5.71. The quantitative estimate of drug-likeness (QED) is 0.480. The summed E-state index contributed by atoms with van der Waals surface area (Å²) in [5.41, 5.74) is -0.807. The van der Waals surface area contributed by atoms with Gasteiger partial charge in [0.1, 0.15) is 0 Å². The van der Waals surface area contributed by atoms with Gasteiger partial charge in [-0.1, -0.05) is 78.1 Å². The molecule has 0 aliphatic rings. The van der Waals surface area contributed by atoms with E-state index in [1.807, 2.05) is 0 Å². The molecule has 110 valence electrons. The fraction of sp³-hybridized carbons (Fsp3) is 1.00. The second kappa shape index (κ2) is 12.0. The van der Waals surface area contributed by atoms with E-state index in [0.29, 0.717) is 0 Å². The molecule has 0 atom stereocenters. The van der Waals surface area contributed by atoms with E-state index in [-0.39, 0.29) is 6.61 Å². The van der Waals surface area contributed by atoms with Crippen molar-refractivity contribution in [2.75, 3.05) is 6.61 Å². The van der Waals surface area contributed by atoms with E-state index in [1.54, 1.807) is 0 Å². The van der Waals surface area contributed by atoms with E-state index in [1.165, 1.54) is 51.4 Å². The molecule has 0 aromatic rings. The Labute approximate surface area is 114 Å². The van der Waals surface area contributed by atoms with Gasteiger partial charge in [0, 0.05) is 0 Å². The smallest absolute Gasteiger partial charge is 0.0877 e. The molecule has 0 radical (unpaired) electrons. The van der Waals surface area contributed by atoms with Crippen molar-refractivity contribution in [3.63, 3.8) is 0 Å². The maximum atomic E-state index is 10.3. The van der Waals surface area contributed by atoms with Gasteiger partial charge in [0.05, 0.1) is 12.2 Å². The van der Waals surface area contributed by atoms with E-state index in [9.17, 15) is 10.2 Å². The molecule has 0 amide bonds. The minimum Gasteiger partial charge on any atom is -0.393 e. The standard InChI is InChI=1S/C16H34O2/c1-3-5-7-9-11-13-16(18,15-17)14-12-10-8-6-4-2/h17-18H,3-15H2,1-2H3. The maximum absolute atomic E-state index is 10.3. The molecule has 0 saturated carbocycles. The molecule has 0 heterocycles. The average molecular weight is 258 g/mol. The predicted molar refractivity (Wildman–Crippen MR) is 78.8 cm³/mol. The molecule has 0 aromatic carbocycles. The number of aliphatic hydroxyl groups is 2. The molecule has 2 heteroatoms. The fourth-order valence-corrected chi connectivity index (χ4v) is 2.40. The van der Waals surface area contributed by atoms with Gasteiger partial charge in [-0.2, -0.15) is 0 Å². The molecule has 0 rings (SSSR count). The Kier molecular flexibility index (Phi) is 11.9. The van der Waals surface area contributed by atoms with Gasteiger partial charge in [-0.25, -0.2) is 0 Å². The summed E-state index contributed by atoms with van der Waals surface area (Å²) >= 11 is 0. The van der Waals surface area contributed by atoms with Crippen LogP contribution in [0.15, 0.2) is 0 Å². The van der Waals surface area contributed by atoms with Crippen molar-refractivity contribution >= 4 is 0 Å². The first-order chi connectivity index (χ1) is 8.68. The summed E-state index contributed by atoms with van der Waals surface area (Å²) in [6.45, 7) is 4.34. The Morgan fingerprint density at radius 2 is 1.06 bits per heavy atom. The van der Waals surface area contributed by atoms with Crippen LogP contribution < -0.4 is 0 Å². The van der Waals surface area contributed by atoms with E-state index in [0.717, 1.165) is 25.7 Å². The third-order valence-electron chi connectivity index (χ3n) is 3.79. The summed E-state index contributed by atoms with van der Waals surface area (Å²) < 4.78 is 0. The first-order valence-corrected chi connectivity index (χ1v) is 8.01. The van der Waals surface area contributed by atoms with Crippen LogP contribution in [0, 0.1) is 0 Å². The summed E-state index contributed by atoms with van der Waals surface area (Å²) in [4.78, 5) is 0. The van der Waals surface area contributed by atoms with Crippen LogP contribution in [-0.2, 0) is 0 Å². The third-order valence-corrected chi connectivity index (χ3v) is 3.79. The highest BCUT2D eigenvalue weighted by molar-refractivity contribution is 4.77. The van der Waals surface area contributed by atoms with Gasteiger partial charge in [0.25, 0.3) is 0 Å². The molecule has 18 heavy (non-hydrogen) atoms. The number of aliphatic hydroxyl groups excluding tert-OH is 1. The fourth-order valence-electron chi connectivity index (χ4n) is 2.40. The molecular formula is C16H34O2. The molecule has 0 aromatic heterocycles. The first-order valence-electron chi connectivity index (χ1n) is 8.01. The second-order valence-electron chi connectivity index (χ2n) is 5.71. The predicted octanol–water partition coefficient (Wildman–Crippen LogP) is 4.43. The van der Waals surface area contributed by atoms with Crippen LogP contribution in [-0.4, -0.2) is 22.4 Å². The van der Waals surface area contributed by atoms with E-state index in [4.69, 9.17) is 0 Å². The molecule has 0 bridgehead atoms. The SMILES string of the molecule is CCCCCCCC(O)(CO)CCCCCCC. The first kappa shape index (κ1) is 17.9. The van der Waals surface area contributed by atoms with E-state index >= 15 is 0 Å². The summed E-state index contributed by atoms with van der Waals surface area (Å²) in [6, 6.07) is 0. The van der Waals surface area contributed by atoms with Crippen molar-refractivity contribution in [3.05, 3.63) is 0 Å². The van der Waals surface area contributed by atoms with Gasteiger partial charge in [-0.05, 0) is 12.8 Å². The van der Waals surface area contributed by atoms with Crippen LogP contribution >= 0.6 is 0 Å². The Balaban J connectivity index is 3.60. The average Bonchev–Trinajstić information content (AvgIpc) is 2.38. The molecule has 2 nitrogen and oxygen atoms in total.